The van der Waals surface area contributed by atoms with Gasteiger partial charge in [-0.15, -0.1) is 11.3 Å². The summed E-state index contributed by atoms with van der Waals surface area (Å²) in [6.45, 7) is 3.72. The second kappa shape index (κ2) is 13.2. The second-order valence-corrected chi connectivity index (χ2v) is 13.9. The number of anilines is 1. The van der Waals surface area contributed by atoms with Gasteiger partial charge in [0.05, 0.1) is 34.4 Å². The predicted molar refractivity (Wildman–Crippen MR) is 163 cm³/mol. The fourth-order valence-electron chi connectivity index (χ4n) is 4.95. The highest BCUT2D eigenvalue weighted by molar-refractivity contribution is 7.94. The molecule has 4 aromatic rings. The van der Waals surface area contributed by atoms with Gasteiger partial charge in [0.2, 0.25) is 5.91 Å². The molecule has 17 heteroatoms. The van der Waals surface area contributed by atoms with Crippen LogP contribution < -0.4 is 15.2 Å². The molecule has 11 nitrogen and oxygen atoms in total. The molecule has 1 saturated heterocycles. The van der Waals surface area contributed by atoms with Crippen LogP contribution in [0.15, 0.2) is 58.8 Å². The van der Waals surface area contributed by atoms with Crippen LogP contribution in [0.3, 0.4) is 0 Å². The van der Waals surface area contributed by atoms with Crippen molar-refractivity contribution in [2.75, 3.05) is 18.4 Å². The lowest BCUT2D eigenvalue weighted by Crippen LogP contribution is -2.51. The summed E-state index contributed by atoms with van der Waals surface area (Å²) in [5.74, 6) is -2.38. The van der Waals surface area contributed by atoms with Gasteiger partial charge in [-0.05, 0) is 61.7 Å². The summed E-state index contributed by atoms with van der Waals surface area (Å²) in [5, 5.41) is 12.3. The van der Waals surface area contributed by atoms with E-state index in [2.05, 4.69) is 20.8 Å². The standard InChI is InChI=1S/C26H28ClN5O4S2.C2HF3O2/c1-26(25(28)33)12-5-13-31(26)15-17-6-3-7-18(14-17)16-32-19-8-4-9-20(36-2)23(19)24(29-32)30-38(34,35)22-11-10-21(27)37-22;3-2(4,5)1(6)7/h3-4,6-11,14H,5,12-13,15-16H2,1-2H3,(H2,28,33)(H,29,30);(H,6,7)/t26-;/m0./s1. The number of amides is 1. The Morgan fingerprint density at radius 3 is 2.38 bits per heavy atom. The van der Waals surface area contributed by atoms with Crippen LogP contribution >= 0.6 is 22.9 Å². The highest BCUT2D eigenvalue weighted by atomic mass is 35.5. The fourth-order valence-corrected chi connectivity index (χ4v) is 7.44. The fraction of sp³-hybridized carbons (Fsp3) is 0.321. The number of fused-ring (bicyclic) bond motifs is 1. The Balaban J connectivity index is 0.000000591. The lowest BCUT2D eigenvalue weighted by atomic mass is 9.97. The maximum absolute atomic E-state index is 13.0. The van der Waals surface area contributed by atoms with Gasteiger partial charge >= 0.3 is 12.1 Å². The van der Waals surface area contributed by atoms with Crippen molar-refractivity contribution in [2.24, 2.45) is 5.73 Å². The number of carbonyl (C=O) groups excluding carboxylic acids is 1. The molecular weight excluding hydrogens is 659 g/mol. The van der Waals surface area contributed by atoms with Gasteiger partial charge in [-0.1, -0.05) is 41.9 Å². The van der Waals surface area contributed by atoms with Gasteiger partial charge in [0, 0.05) is 6.54 Å². The van der Waals surface area contributed by atoms with E-state index in [0.717, 1.165) is 47.4 Å². The van der Waals surface area contributed by atoms with Gasteiger partial charge in [0.1, 0.15) is 9.96 Å². The van der Waals surface area contributed by atoms with Crippen LogP contribution in [0.25, 0.3) is 10.9 Å². The van der Waals surface area contributed by atoms with E-state index in [4.69, 9.17) is 32.0 Å². The summed E-state index contributed by atoms with van der Waals surface area (Å²) in [6.07, 6.45) is -3.41. The van der Waals surface area contributed by atoms with Crippen molar-refractivity contribution in [2.45, 2.75) is 48.8 Å². The first-order valence-electron chi connectivity index (χ1n) is 13.3. The van der Waals surface area contributed by atoms with E-state index in [-0.39, 0.29) is 15.9 Å². The van der Waals surface area contributed by atoms with Gasteiger partial charge in [-0.3, -0.25) is 19.1 Å². The van der Waals surface area contributed by atoms with Crippen LogP contribution in [0, 0.1) is 0 Å². The van der Waals surface area contributed by atoms with Crippen LogP contribution in [-0.4, -0.2) is 65.5 Å². The zero-order valence-corrected chi connectivity index (χ0v) is 26.4. The molecule has 1 aliphatic rings. The summed E-state index contributed by atoms with van der Waals surface area (Å²) in [7, 11) is -2.36. The maximum Gasteiger partial charge on any atom is 0.490 e. The lowest BCUT2D eigenvalue weighted by molar-refractivity contribution is -0.192. The van der Waals surface area contributed by atoms with Gasteiger partial charge in [-0.25, -0.2) is 13.2 Å². The number of alkyl halides is 3. The van der Waals surface area contributed by atoms with Crippen LogP contribution in [0.5, 0.6) is 5.75 Å². The number of rotatable bonds is 9. The maximum atomic E-state index is 13.0. The minimum atomic E-state index is -5.08. The Hall–Kier alpha value is -3.86. The first kappa shape index (κ1) is 34.0. The second-order valence-electron chi connectivity index (χ2n) is 10.3. The first-order valence-corrected chi connectivity index (χ1v) is 16.0. The minimum Gasteiger partial charge on any atom is -0.496 e. The van der Waals surface area contributed by atoms with E-state index in [1.54, 1.807) is 16.8 Å². The number of carboxylic acids is 1. The van der Waals surface area contributed by atoms with Crippen LogP contribution in [0.1, 0.15) is 30.9 Å². The summed E-state index contributed by atoms with van der Waals surface area (Å²) in [4.78, 5) is 23.1. The molecule has 242 valence electrons. The molecule has 1 amide bonds. The molecule has 1 fully saturated rings. The number of primary amides is 1. The average Bonchev–Trinajstić information content (AvgIpc) is 3.67. The molecule has 45 heavy (non-hydrogen) atoms. The molecule has 0 saturated carbocycles. The number of ether oxygens (including phenoxy) is 1. The molecule has 0 radical (unpaired) electrons. The summed E-state index contributed by atoms with van der Waals surface area (Å²) in [5.41, 5.74) is 7.82. The van der Waals surface area contributed by atoms with Crippen molar-refractivity contribution in [3.8, 4) is 5.75 Å². The number of nitrogens with two attached hydrogens (primary N) is 1. The smallest absolute Gasteiger partial charge is 0.490 e. The normalized spacial score (nSPS) is 17.1. The summed E-state index contributed by atoms with van der Waals surface area (Å²) < 4.78 is 68.2. The third kappa shape index (κ3) is 7.69. The number of aromatic nitrogens is 2. The van der Waals surface area contributed by atoms with Gasteiger partial charge in [-0.2, -0.15) is 18.3 Å². The Kier molecular flexibility index (Phi) is 10.0. The minimum absolute atomic E-state index is 0.0951. The Morgan fingerprint density at radius 1 is 1.16 bits per heavy atom. The summed E-state index contributed by atoms with van der Waals surface area (Å²) in [6, 6.07) is 16.5. The number of carbonyl (C=O) groups is 2. The van der Waals surface area contributed by atoms with Crippen molar-refractivity contribution in [3.05, 3.63) is 70.1 Å². The number of methoxy groups -OCH3 is 1. The SMILES string of the molecule is COc1cccc2c1c(NS(=O)(=O)c1ccc(Cl)s1)nn2Cc1cccc(CN2CCC[C@@]2(C)C(N)=O)c1.O=C(O)C(F)(F)F. The molecule has 1 aliphatic heterocycles. The van der Waals surface area contributed by atoms with Gasteiger partial charge in [0.25, 0.3) is 10.0 Å². The predicted octanol–water partition coefficient (Wildman–Crippen LogP) is 5.08. The number of nitrogens with zero attached hydrogens (tertiary/aromatic N) is 3. The third-order valence-electron chi connectivity index (χ3n) is 7.26. The Morgan fingerprint density at radius 2 is 1.80 bits per heavy atom. The van der Waals surface area contributed by atoms with Crippen molar-refractivity contribution in [1.29, 1.82) is 0 Å². The number of hydrogen-bond donors (Lipinski definition) is 3. The van der Waals surface area contributed by atoms with E-state index in [9.17, 15) is 26.4 Å². The van der Waals surface area contributed by atoms with E-state index >= 15 is 0 Å². The quantitative estimate of drug-likeness (QED) is 0.220. The van der Waals surface area contributed by atoms with E-state index in [0.29, 0.717) is 28.6 Å². The Labute approximate surface area is 265 Å². The molecule has 1 atom stereocenters. The molecule has 0 unspecified atom stereocenters. The van der Waals surface area contributed by atoms with Crippen molar-refractivity contribution < 1.29 is 41.0 Å². The molecule has 2 aromatic carbocycles. The van der Waals surface area contributed by atoms with Crippen LogP contribution in [0.2, 0.25) is 4.34 Å². The molecule has 0 aliphatic carbocycles. The van der Waals surface area contributed by atoms with E-state index in [1.165, 1.54) is 13.2 Å². The number of halogens is 4. The number of sulfonamides is 1. The lowest BCUT2D eigenvalue weighted by Gasteiger charge is -2.32. The average molecular weight is 688 g/mol. The van der Waals surface area contributed by atoms with Crippen molar-refractivity contribution in [1.82, 2.24) is 14.7 Å². The molecule has 4 N–H and O–H groups in total. The monoisotopic (exact) mass is 687 g/mol. The molecule has 3 heterocycles. The van der Waals surface area contributed by atoms with E-state index < -0.39 is 27.7 Å². The number of likely N-dealkylation sites (tertiary alicyclic amines) is 1. The van der Waals surface area contributed by atoms with Crippen molar-refractivity contribution >= 4 is 61.6 Å². The number of benzene rings is 2. The Bertz CT molecular complexity index is 1830. The molecule has 0 spiro atoms. The zero-order chi connectivity index (χ0) is 33.2. The number of carboxylic acid groups (broad SMARTS) is 1. The number of nitrogens with one attached hydrogen (secondary N) is 1. The molecule has 2 aromatic heterocycles. The summed E-state index contributed by atoms with van der Waals surface area (Å²) >= 11 is 6.94. The van der Waals surface area contributed by atoms with Gasteiger partial charge < -0.3 is 15.6 Å². The molecule has 5 rings (SSSR count). The number of hydrogen-bond acceptors (Lipinski definition) is 8. The van der Waals surface area contributed by atoms with Crippen molar-refractivity contribution in [3.63, 3.8) is 0 Å². The molecular formula is C28H29ClF3N5O6S2. The molecule has 0 bridgehead atoms. The third-order valence-corrected chi connectivity index (χ3v) is 10.3. The zero-order valence-electron chi connectivity index (χ0n) is 24.0. The largest absolute Gasteiger partial charge is 0.496 e. The highest BCUT2D eigenvalue weighted by Gasteiger charge is 2.41. The number of aliphatic carboxylic acids is 1. The van der Waals surface area contributed by atoms with Crippen LogP contribution in [0.4, 0.5) is 19.0 Å². The first-order chi connectivity index (χ1) is 21.0. The van der Waals surface area contributed by atoms with E-state index in [1.807, 2.05) is 37.3 Å². The van der Waals surface area contributed by atoms with Crippen LogP contribution in [-0.2, 0) is 32.7 Å². The highest BCUT2D eigenvalue weighted by Crippen LogP contribution is 2.35. The topological polar surface area (TPSA) is 157 Å². The number of thiophene rings is 1. The van der Waals surface area contributed by atoms with Gasteiger partial charge in [0.15, 0.2) is 5.82 Å².